The molecule has 5 N–H and O–H groups in total. The fourth-order valence-corrected chi connectivity index (χ4v) is 5.31. The zero-order valence-electron chi connectivity index (χ0n) is 22.9. The van der Waals surface area contributed by atoms with Crippen LogP contribution in [0.2, 0.25) is 0 Å². The zero-order chi connectivity index (χ0) is 29.9. The van der Waals surface area contributed by atoms with E-state index in [4.69, 9.17) is 10.5 Å². The van der Waals surface area contributed by atoms with Gasteiger partial charge in [0.1, 0.15) is 12.4 Å². The van der Waals surface area contributed by atoms with Gasteiger partial charge in [-0.1, -0.05) is 54.0 Å². The Morgan fingerprint density at radius 2 is 1.72 bits per heavy atom. The number of aliphatic imine (C=N–C) groups is 1. The number of H-pyrrole nitrogens is 1. The zero-order valence-corrected chi connectivity index (χ0v) is 22.9. The molecule has 0 bridgehead atoms. The normalized spacial score (nSPS) is 13.6. The number of nitrogens with two attached hydrogens (primary N) is 1. The number of hydrazine groups is 1. The van der Waals surface area contributed by atoms with Crippen LogP contribution < -0.4 is 21.2 Å². The van der Waals surface area contributed by atoms with Crippen LogP contribution in [0.25, 0.3) is 33.0 Å². The van der Waals surface area contributed by atoms with E-state index in [1.54, 1.807) is 6.20 Å². The van der Waals surface area contributed by atoms with Crippen LogP contribution in [0.4, 0.5) is 0 Å². The minimum atomic E-state index is -0.769. The molecule has 0 saturated carbocycles. The number of hydrogen-bond donors (Lipinski definition) is 4. The lowest BCUT2D eigenvalue weighted by molar-refractivity contribution is -0.525. The van der Waals surface area contributed by atoms with Crippen LogP contribution in [0.1, 0.15) is 23.1 Å². The second-order valence-electron chi connectivity index (χ2n) is 9.96. The number of benzene rings is 3. The molecule has 1 aliphatic heterocycles. The first-order valence-electron chi connectivity index (χ1n) is 13.6. The quantitative estimate of drug-likeness (QED) is 0.0489. The van der Waals surface area contributed by atoms with Gasteiger partial charge in [-0.2, -0.15) is 0 Å². The van der Waals surface area contributed by atoms with E-state index < -0.39 is 16.8 Å². The number of aromatic amines is 1. The third kappa shape index (κ3) is 5.53. The summed E-state index contributed by atoms with van der Waals surface area (Å²) in [4.78, 5) is 44.3. The van der Waals surface area contributed by atoms with E-state index in [9.17, 15) is 19.7 Å². The topological polar surface area (TPSA) is 170 Å². The molecule has 0 unspecified atom stereocenters. The van der Waals surface area contributed by atoms with E-state index in [0.717, 1.165) is 27.4 Å². The summed E-state index contributed by atoms with van der Waals surface area (Å²) in [6.45, 7) is 1.08. The summed E-state index contributed by atoms with van der Waals surface area (Å²) in [5.41, 5.74) is 11.8. The van der Waals surface area contributed by atoms with Crippen LogP contribution in [0.3, 0.4) is 0 Å². The predicted octanol–water partition coefficient (Wildman–Crippen LogP) is 3.75. The fourth-order valence-electron chi connectivity index (χ4n) is 5.31. The lowest BCUT2D eigenvalue weighted by Crippen LogP contribution is -2.36. The largest absolute Gasteiger partial charge is 0.489 e. The number of carbonyl (C=O) groups excluding carboxylic acids is 2. The molecule has 6 rings (SSSR count). The van der Waals surface area contributed by atoms with Gasteiger partial charge in [0.2, 0.25) is 0 Å². The number of aryl methyl sites for hydroxylation is 1. The minimum absolute atomic E-state index is 0.238. The number of nitrogens with one attached hydrogen (secondary N) is 3. The van der Waals surface area contributed by atoms with Gasteiger partial charge in [0.05, 0.1) is 11.1 Å². The van der Waals surface area contributed by atoms with Gasteiger partial charge in [0.15, 0.2) is 5.03 Å². The van der Waals surface area contributed by atoms with Crippen molar-refractivity contribution in [3.63, 3.8) is 0 Å². The molecule has 3 aromatic carbocycles. The van der Waals surface area contributed by atoms with Crippen LogP contribution in [-0.4, -0.2) is 38.9 Å². The number of imide groups is 1. The number of carbonyl (C=O) groups is 2. The molecule has 0 fully saturated rings. The number of aromatic nitrogens is 2. The number of hydrogen-bond acceptors (Lipinski definition) is 6. The Hall–Kier alpha value is -5.91. The highest BCUT2D eigenvalue weighted by molar-refractivity contribution is 6.50. The number of nitrogens with zero attached hydrogens (tertiary/aromatic N) is 3. The number of amides is 2. The van der Waals surface area contributed by atoms with Gasteiger partial charge in [-0.15, -0.1) is 0 Å². The van der Waals surface area contributed by atoms with Crippen LogP contribution in [0.15, 0.2) is 90.2 Å². The van der Waals surface area contributed by atoms with Crippen LogP contribution in [0.5, 0.6) is 5.75 Å². The summed E-state index contributed by atoms with van der Waals surface area (Å²) in [5.74, 6) is -0.621. The van der Waals surface area contributed by atoms with Gasteiger partial charge in [0.25, 0.3) is 17.8 Å². The highest BCUT2D eigenvalue weighted by atomic mass is 16.7. The van der Waals surface area contributed by atoms with Crippen molar-refractivity contribution in [2.75, 3.05) is 6.54 Å². The van der Waals surface area contributed by atoms with Gasteiger partial charge in [-0.3, -0.25) is 14.9 Å². The van der Waals surface area contributed by atoms with E-state index >= 15 is 0 Å². The molecule has 3 heterocycles. The Balaban J connectivity index is 1.42. The minimum Gasteiger partial charge on any atom is -0.489 e. The number of para-hydroxylation sites is 1. The molecule has 12 heteroatoms. The average molecular weight is 578 g/mol. The molecular weight excluding hydrogens is 550 g/mol. The highest BCUT2D eigenvalue weighted by Crippen LogP contribution is 2.39. The Kier molecular flexibility index (Phi) is 7.31. The second-order valence-corrected chi connectivity index (χ2v) is 9.96. The van der Waals surface area contributed by atoms with Crippen LogP contribution >= 0.6 is 0 Å². The second kappa shape index (κ2) is 11.5. The first-order valence-corrected chi connectivity index (χ1v) is 13.6. The Morgan fingerprint density at radius 3 is 2.51 bits per heavy atom. The molecule has 0 spiro atoms. The molecule has 0 radical (unpaired) electrons. The average Bonchev–Trinajstić information content (AvgIpc) is 3.66. The van der Waals surface area contributed by atoms with Crippen molar-refractivity contribution in [2.24, 2.45) is 10.7 Å². The molecule has 1 aliphatic rings. The molecule has 0 atom stereocenters. The van der Waals surface area contributed by atoms with Crippen molar-refractivity contribution in [1.29, 1.82) is 0 Å². The number of ether oxygens (including phenoxy) is 1. The van der Waals surface area contributed by atoms with Gasteiger partial charge in [0, 0.05) is 58.4 Å². The first-order chi connectivity index (χ1) is 20.9. The summed E-state index contributed by atoms with van der Waals surface area (Å²) in [5, 5.41) is 13.9. The molecule has 0 aliphatic carbocycles. The summed E-state index contributed by atoms with van der Waals surface area (Å²) >= 11 is 0. The standard InChI is InChI=1S/C31H27N7O5/c32-31(36-38(41)42)33-13-6-14-37-17-24(22-15-20(11-12-26(22)37)43-18-19-7-2-1-3-8-19)28-27(29(39)35-30(28)40)23-16-34-25-10-5-4-9-21(23)25/h1-5,7-12,15-17,34H,6,13-14,18H2,(H3,32,33,36)(H,35,39,40). The summed E-state index contributed by atoms with van der Waals surface area (Å²) < 4.78 is 8.06. The van der Waals surface area contributed by atoms with Gasteiger partial charge < -0.3 is 20.0 Å². The molecule has 5 aromatic rings. The molecule has 12 nitrogen and oxygen atoms in total. The lowest BCUT2D eigenvalue weighted by atomic mass is 9.95. The van der Waals surface area contributed by atoms with E-state index in [-0.39, 0.29) is 18.1 Å². The smallest absolute Gasteiger partial charge is 0.259 e. The maximum absolute atomic E-state index is 13.4. The summed E-state index contributed by atoms with van der Waals surface area (Å²) in [6.07, 6.45) is 4.10. The van der Waals surface area contributed by atoms with E-state index in [0.29, 0.717) is 42.0 Å². The molecule has 2 amide bonds. The lowest BCUT2D eigenvalue weighted by Gasteiger charge is -2.08. The Bertz CT molecular complexity index is 1940. The third-order valence-corrected chi connectivity index (χ3v) is 7.21. The van der Waals surface area contributed by atoms with E-state index in [1.165, 1.54) is 0 Å². The molecule has 0 saturated heterocycles. The van der Waals surface area contributed by atoms with Gasteiger partial charge >= 0.3 is 0 Å². The van der Waals surface area contributed by atoms with Crippen LogP contribution in [0, 0.1) is 10.1 Å². The van der Waals surface area contributed by atoms with Crippen molar-refractivity contribution in [1.82, 2.24) is 20.3 Å². The number of nitro groups is 1. The van der Waals surface area contributed by atoms with E-state index in [2.05, 4.69) is 15.3 Å². The van der Waals surface area contributed by atoms with Crippen molar-refractivity contribution in [3.8, 4) is 5.75 Å². The van der Waals surface area contributed by atoms with E-state index in [1.807, 2.05) is 89.0 Å². The van der Waals surface area contributed by atoms with Gasteiger partial charge in [-0.05, 0) is 36.2 Å². The molecule has 216 valence electrons. The van der Waals surface area contributed by atoms with Crippen molar-refractivity contribution in [3.05, 3.63) is 112 Å². The Morgan fingerprint density at radius 1 is 0.977 bits per heavy atom. The SMILES string of the molecule is NC(=NCCCn1cc(C2=C(c3c[nH]c4ccccc34)C(=O)NC2=O)c2cc(OCc3ccccc3)ccc21)N[N+](=O)[O-]. The van der Waals surface area contributed by atoms with Crippen molar-refractivity contribution >= 4 is 50.7 Å². The number of rotatable bonds is 10. The maximum atomic E-state index is 13.4. The third-order valence-electron chi connectivity index (χ3n) is 7.21. The molecule has 2 aromatic heterocycles. The van der Waals surface area contributed by atoms with Crippen molar-refractivity contribution in [2.45, 2.75) is 19.6 Å². The number of fused-ring (bicyclic) bond motifs is 2. The Labute approximate surface area is 245 Å². The molecular formula is C31H27N7O5. The first kappa shape index (κ1) is 27.3. The summed E-state index contributed by atoms with van der Waals surface area (Å²) in [6, 6.07) is 23.0. The number of guanidine groups is 1. The van der Waals surface area contributed by atoms with Crippen LogP contribution in [-0.2, 0) is 22.7 Å². The molecule has 43 heavy (non-hydrogen) atoms. The monoisotopic (exact) mass is 577 g/mol. The predicted molar refractivity (Wildman–Crippen MR) is 162 cm³/mol. The summed E-state index contributed by atoms with van der Waals surface area (Å²) in [7, 11) is 0. The fraction of sp³-hybridized carbons (Fsp3) is 0.129. The highest BCUT2D eigenvalue weighted by Gasteiger charge is 2.35. The van der Waals surface area contributed by atoms with Gasteiger partial charge in [-0.25, -0.2) is 15.1 Å². The maximum Gasteiger partial charge on any atom is 0.259 e. The van der Waals surface area contributed by atoms with Crippen molar-refractivity contribution < 1.29 is 19.4 Å².